The van der Waals surface area contributed by atoms with Crippen molar-refractivity contribution in [3.05, 3.63) is 52.9 Å². The number of nitrogens with zero attached hydrogens (tertiary/aromatic N) is 3. The fourth-order valence-electron chi connectivity index (χ4n) is 2.39. The molecule has 0 fully saturated rings. The molecule has 0 spiro atoms. The third-order valence-electron chi connectivity index (χ3n) is 3.58. The first-order valence-electron chi connectivity index (χ1n) is 6.71. The molecule has 3 aromatic rings. The molecule has 6 nitrogen and oxygen atoms in total. The second kappa shape index (κ2) is 5.05. The molecule has 0 unspecified atom stereocenters. The Bertz CT molecular complexity index is 816. The van der Waals surface area contributed by atoms with E-state index in [-0.39, 0.29) is 5.91 Å². The molecule has 0 saturated carbocycles. The number of carbonyl (C=O) groups excluding carboxylic acids is 1. The molecule has 3 aromatic heterocycles. The summed E-state index contributed by atoms with van der Waals surface area (Å²) in [5.41, 5.74) is 2.23. The highest BCUT2D eigenvalue weighted by molar-refractivity contribution is 5.96. The highest BCUT2D eigenvalue weighted by Gasteiger charge is 2.18. The molecule has 0 aliphatic heterocycles. The van der Waals surface area contributed by atoms with Gasteiger partial charge in [0.1, 0.15) is 11.5 Å². The van der Waals surface area contributed by atoms with Gasteiger partial charge in [-0.25, -0.2) is 0 Å². The number of rotatable bonds is 3. The van der Waals surface area contributed by atoms with Gasteiger partial charge >= 0.3 is 0 Å². The van der Waals surface area contributed by atoms with Crippen molar-refractivity contribution in [2.24, 2.45) is 0 Å². The molecular formula is C15H16N4O2. The molecule has 0 radical (unpaired) electrons. The Hall–Kier alpha value is -2.63. The van der Waals surface area contributed by atoms with Gasteiger partial charge in [-0.1, -0.05) is 6.07 Å². The minimum atomic E-state index is -0.158. The van der Waals surface area contributed by atoms with Gasteiger partial charge in [0.15, 0.2) is 11.5 Å². The Kier molecular flexibility index (Phi) is 3.21. The van der Waals surface area contributed by atoms with E-state index in [9.17, 15) is 4.79 Å². The zero-order chi connectivity index (χ0) is 15.0. The van der Waals surface area contributed by atoms with E-state index in [1.807, 2.05) is 42.6 Å². The monoisotopic (exact) mass is 284 g/mol. The van der Waals surface area contributed by atoms with Gasteiger partial charge in [-0.2, -0.15) is 0 Å². The Morgan fingerprint density at radius 3 is 2.76 bits per heavy atom. The lowest BCUT2D eigenvalue weighted by molar-refractivity contribution is 0.0947. The molecule has 3 heterocycles. The largest absolute Gasteiger partial charge is 0.466 e. The third kappa shape index (κ3) is 2.29. The number of hydrogen-bond acceptors (Lipinski definition) is 4. The Balaban J connectivity index is 1.80. The fourth-order valence-corrected chi connectivity index (χ4v) is 2.39. The van der Waals surface area contributed by atoms with E-state index in [0.717, 1.165) is 17.0 Å². The maximum atomic E-state index is 12.3. The standard InChI is InChI=1S/C15H16N4O2/c1-9-10(2)21-11(3)14(9)15(20)16-8-13-18-17-12-6-4-5-7-19(12)13/h4-7H,8H2,1-3H3,(H,16,20). The smallest absolute Gasteiger partial charge is 0.255 e. The van der Waals surface area contributed by atoms with Crippen molar-refractivity contribution in [1.82, 2.24) is 19.9 Å². The van der Waals surface area contributed by atoms with Crippen LogP contribution >= 0.6 is 0 Å². The minimum Gasteiger partial charge on any atom is -0.466 e. The van der Waals surface area contributed by atoms with Crippen molar-refractivity contribution in [3.63, 3.8) is 0 Å². The zero-order valence-corrected chi connectivity index (χ0v) is 12.2. The van der Waals surface area contributed by atoms with Crippen LogP contribution in [0.4, 0.5) is 0 Å². The SMILES string of the molecule is Cc1oc(C)c(C(=O)NCc2nnc3ccccn23)c1C. The van der Waals surface area contributed by atoms with Crippen molar-refractivity contribution in [2.75, 3.05) is 0 Å². The van der Waals surface area contributed by atoms with Crippen LogP contribution in [-0.2, 0) is 6.54 Å². The van der Waals surface area contributed by atoms with E-state index in [1.54, 1.807) is 6.92 Å². The molecule has 21 heavy (non-hydrogen) atoms. The van der Waals surface area contributed by atoms with E-state index < -0.39 is 0 Å². The van der Waals surface area contributed by atoms with E-state index in [2.05, 4.69) is 15.5 Å². The van der Waals surface area contributed by atoms with E-state index in [0.29, 0.717) is 23.7 Å². The normalized spacial score (nSPS) is 11.0. The van der Waals surface area contributed by atoms with Gasteiger partial charge in [0, 0.05) is 11.8 Å². The van der Waals surface area contributed by atoms with Gasteiger partial charge < -0.3 is 9.73 Å². The predicted molar refractivity (Wildman–Crippen MR) is 77.1 cm³/mol. The summed E-state index contributed by atoms with van der Waals surface area (Å²) in [7, 11) is 0. The van der Waals surface area contributed by atoms with Crippen LogP contribution in [0.3, 0.4) is 0 Å². The van der Waals surface area contributed by atoms with Gasteiger partial charge in [0.2, 0.25) is 0 Å². The number of nitrogens with one attached hydrogen (secondary N) is 1. The average Bonchev–Trinajstić information content (AvgIpc) is 2.98. The Labute approximate surface area is 121 Å². The van der Waals surface area contributed by atoms with Gasteiger partial charge in [-0.3, -0.25) is 9.20 Å². The van der Waals surface area contributed by atoms with Crippen molar-refractivity contribution < 1.29 is 9.21 Å². The lowest BCUT2D eigenvalue weighted by atomic mass is 10.1. The summed E-state index contributed by atoms with van der Waals surface area (Å²) in [5, 5.41) is 11.0. The van der Waals surface area contributed by atoms with Crippen molar-refractivity contribution in [3.8, 4) is 0 Å². The number of aromatic nitrogens is 3. The van der Waals surface area contributed by atoms with E-state index >= 15 is 0 Å². The predicted octanol–water partition coefficient (Wildman–Crippen LogP) is 2.18. The van der Waals surface area contributed by atoms with Crippen LogP contribution in [0.25, 0.3) is 5.65 Å². The van der Waals surface area contributed by atoms with E-state index in [1.165, 1.54) is 0 Å². The lowest BCUT2D eigenvalue weighted by Crippen LogP contribution is -2.24. The van der Waals surface area contributed by atoms with Crippen LogP contribution in [0.15, 0.2) is 28.8 Å². The number of carbonyl (C=O) groups is 1. The van der Waals surface area contributed by atoms with Crippen LogP contribution in [0.1, 0.15) is 33.3 Å². The molecule has 0 aliphatic rings. The first-order chi connectivity index (χ1) is 10.1. The van der Waals surface area contributed by atoms with Crippen molar-refractivity contribution >= 4 is 11.6 Å². The van der Waals surface area contributed by atoms with Gasteiger partial charge in [-0.05, 0) is 32.9 Å². The molecule has 0 atom stereocenters. The molecule has 0 bridgehead atoms. The van der Waals surface area contributed by atoms with Crippen LogP contribution in [0.2, 0.25) is 0 Å². The summed E-state index contributed by atoms with van der Waals surface area (Å²) < 4.78 is 7.33. The molecule has 3 rings (SSSR count). The summed E-state index contributed by atoms with van der Waals surface area (Å²) >= 11 is 0. The van der Waals surface area contributed by atoms with Crippen LogP contribution < -0.4 is 5.32 Å². The summed E-state index contributed by atoms with van der Waals surface area (Å²) in [6.45, 7) is 5.84. The van der Waals surface area contributed by atoms with Crippen molar-refractivity contribution in [1.29, 1.82) is 0 Å². The summed E-state index contributed by atoms with van der Waals surface area (Å²) in [4.78, 5) is 12.3. The maximum Gasteiger partial charge on any atom is 0.255 e. The molecule has 0 saturated heterocycles. The maximum absolute atomic E-state index is 12.3. The lowest BCUT2D eigenvalue weighted by Gasteiger charge is -2.04. The van der Waals surface area contributed by atoms with Gasteiger partial charge in [-0.15, -0.1) is 10.2 Å². The topological polar surface area (TPSA) is 72.4 Å². The average molecular weight is 284 g/mol. The fraction of sp³-hybridized carbons (Fsp3) is 0.267. The van der Waals surface area contributed by atoms with Crippen LogP contribution in [0, 0.1) is 20.8 Å². The number of pyridine rings is 1. The summed E-state index contributed by atoms with van der Waals surface area (Å²) in [5.74, 6) is 1.93. The highest BCUT2D eigenvalue weighted by atomic mass is 16.3. The van der Waals surface area contributed by atoms with E-state index in [4.69, 9.17) is 4.42 Å². The quantitative estimate of drug-likeness (QED) is 0.800. The van der Waals surface area contributed by atoms with Crippen LogP contribution in [0.5, 0.6) is 0 Å². The number of amides is 1. The van der Waals surface area contributed by atoms with Gasteiger partial charge in [0.05, 0.1) is 12.1 Å². The summed E-state index contributed by atoms with van der Waals surface area (Å²) in [6.07, 6.45) is 1.87. The molecule has 108 valence electrons. The number of hydrogen-bond donors (Lipinski definition) is 1. The zero-order valence-electron chi connectivity index (χ0n) is 12.2. The second-order valence-corrected chi connectivity index (χ2v) is 4.94. The molecule has 1 amide bonds. The Morgan fingerprint density at radius 2 is 2.05 bits per heavy atom. The number of fused-ring (bicyclic) bond motifs is 1. The third-order valence-corrected chi connectivity index (χ3v) is 3.58. The number of furan rings is 1. The highest BCUT2D eigenvalue weighted by Crippen LogP contribution is 2.20. The summed E-state index contributed by atoms with van der Waals surface area (Å²) in [6, 6.07) is 5.66. The van der Waals surface area contributed by atoms with Crippen LogP contribution in [-0.4, -0.2) is 20.5 Å². The number of aryl methyl sites for hydroxylation is 2. The molecule has 0 aliphatic carbocycles. The molecular weight excluding hydrogens is 268 g/mol. The molecule has 0 aromatic carbocycles. The molecule has 1 N–H and O–H groups in total. The second-order valence-electron chi connectivity index (χ2n) is 4.94. The van der Waals surface area contributed by atoms with Crippen molar-refractivity contribution in [2.45, 2.75) is 27.3 Å². The minimum absolute atomic E-state index is 0.158. The molecule has 6 heteroatoms. The Morgan fingerprint density at radius 1 is 1.24 bits per heavy atom. The first-order valence-corrected chi connectivity index (χ1v) is 6.71. The first kappa shape index (κ1) is 13.4. The van der Waals surface area contributed by atoms with Gasteiger partial charge in [0.25, 0.3) is 5.91 Å².